The third-order valence-corrected chi connectivity index (χ3v) is 3.64. The van der Waals surface area contributed by atoms with Crippen molar-refractivity contribution in [3.05, 3.63) is 70.2 Å². The number of benzene rings is 2. The van der Waals surface area contributed by atoms with Gasteiger partial charge in [-0.1, -0.05) is 41.9 Å². The van der Waals surface area contributed by atoms with E-state index in [0.29, 0.717) is 23.7 Å². The number of ether oxygens (including phenoxy) is 1. The molecule has 2 rings (SSSR count). The smallest absolute Gasteiger partial charge is 0.251 e. The Kier molecular flexibility index (Phi) is 5.99. The van der Waals surface area contributed by atoms with Gasteiger partial charge < -0.3 is 10.1 Å². The van der Waals surface area contributed by atoms with Crippen LogP contribution in [0.2, 0.25) is 5.02 Å². The predicted octanol–water partition coefficient (Wildman–Crippen LogP) is 4.37. The van der Waals surface area contributed by atoms with Crippen molar-refractivity contribution in [1.29, 1.82) is 0 Å². The van der Waals surface area contributed by atoms with Crippen LogP contribution < -0.4 is 5.32 Å². The average Bonchev–Trinajstić information content (AvgIpc) is 2.53. The lowest BCUT2D eigenvalue weighted by Gasteiger charge is -2.12. The average molecular weight is 318 g/mol. The molecule has 1 amide bonds. The van der Waals surface area contributed by atoms with E-state index in [-0.39, 0.29) is 12.0 Å². The van der Waals surface area contributed by atoms with Gasteiger partial charge in [-0.25, -0.2) is 0 Å². The van der Waals surface area contributed by atoms with Crippen molar-refractivity contribution >= 4 is 17.5 Å². The summed E-state index contributed by atoms with van der Waals surface area (Å²) in [5, 5.41) is 3.44. The Balaban J connectivity index is 1.93. The topological polar surface area (TPSA) is 38.3 Å². The lowest BCUT2D eigenvalue weighted by molar-refractivity contribution is 0.0764. The number of hydrogen-bond donors (Lipinski definition) is 1. The van der Waals surface area contributed by atoms with Crippen molar-refractivity contribution in [2.75, 3.05) is 6.61 Å². The SMILES string of the molecule is CCOC(C)c1ccc(CNC(=O)c2cccc(Cl)c2)cc1. The molecule has 0 aliphatic carbocycles. The van der Waals surface area contributed by atoms with Crippen LogP contribution in [-0.4, -0.2) is 12.5 Å². The second-order valence-corrected chi connectivity index (χ2v) is 5.47. The minimum absolute atomic E-state index is 0.0834. The van der Waals surface area contributed by atoms with Crippen LogP contribution in [0.25, 0.3) is 0 Å². The highest BCUT2D eigenvalue weighted by molar-refractivity contribution is 6.30. The Hall–Kier alpha value is -1.84. The van der Waals surface area contributed by atoms with E-state index in [1.807, 2.05) is 38.1 Å². The molecule has 2 aromatic rings. The Bertz CT molecular complexity index is 625. The molecule has 0 saturated carbocycles. The van der Waals surface area contributed by atoms with Crippen LogP contribution in [0.5, 0.6) is 0 Å². The summed E-state index contributed by atoms with van der Waals surface area (Å²) in [5.41, 5.74) is 2.74. The van der Waals surface area contributed by atoms with Crippen LogP contribution >= 0.6 is 11.6 Å². The minimum Gasteiger partial charge on any atom is -0.374 e. The summed E-state index contributed by atoms with van der Waals surface area (Å²) < 4.78 is 5.55. The number of nitrogens with one attached hydrogen (secondary N) is 1. The van der Waals surface area contributed by atoms with Crippen LogP contribution in [0.4, 0.5) is 0 Å². The van der Waals surface area contributed by atoms with Crippen LogP contribution in [-0.2, 0) is 11.3 Å². The first-order valence-corrected chi connectivity index (χ1v) is 7.72. The molecule has 0 fully saturated rings. The predicted molar refractivity (Wildman–Crippen MR) is 89.1 cm³/mol. The molecule has 1 unspecified atom stereocenters. The van der Waals surface area contributed by atoms with E-state index in [9.17, 15) is 4.79 Å². The Morgan fingerprint density at radius 2 is 1.95 bits per heavy atom. The van der Waals surface area contributed by atoms with Gasteiger partial charge in [0.15, 0.2) is 0 Å². The van der Waals surface area contributed by atoms with Gasteiger partial charge in [-0.2, -0.15) is 0 Å². The molecule has 0 spiro atoms. The molecule has 0 aliphatic heterocycles. The molecule has 2 aromatic carbocycles. The zero-order valence-corrected chi connectivity index (χ0v) is 13.6. The quantitative estimate of drug-likeness (QED) is 0.859. The fraction of sp³-hybridized carbons (Fsp3) is 0.278. The van der Waals surface area contributed by atoms with E-state index in [0.717, 1.165) is 11.1 Å². The van der Waals surface area contributed by atoms with Crippen molar-refractivity contribution < 1.29 is 9.53 Å². The third kappa shape index (κ3) is 4.58. The van der Waals surface area contributed by atoms with Crippen LogP contribution in [0.3, 0.4) is 0 Å². The van der Waals surface area contributed by atoms with Crippen molar-refractivity contribution in [2.24, 2.45) is 0 Å². The standard InChI is InChI=1S/C18H20ClNO2/c1-3-22-13(2)15-9-7-14(8-10-15)12-20-18(21)16-5-4-6-17(19)11-16/h4-11,13H,3,12H2,1-2H3,(H,20,21). The number of carbonyl (C=O) groups is 1. The van der Waals surface area contributed by atoms with E-state index in [2.05, 4.69) is 5.32 Å². The summed E-state index contributed by atoms with van der Waals surface area (Å²) >= 11 is 5.89. The molecule has 0 aromatic heterocycles. The first-order chi connectivity index (χ1) is 10.6. The number of hydrogen-bond acceptors (Lipinski definition) is 2. The third-order valence-electron chi connectivity index (χ3n) is 3.41. The highest BCUT2D eigenvalue weighted by Crippen LogP contribution is 2.17. The zero-order valence-electron chi connectivity index (χ0n) is 12.8. The lowest BCUT2D eigenvalue weighted by atomic mass is 10.1. The Morgan fingerprint density at radius 1 is 1.23 bits per heavy atom. The molecule has 0 heterocycles. The molecular weight excluding hydrogens is 298 g/mol. The van der Waals surface area contributed by atoms with E-state index in [4.69, 9.17) is 16.3 Å². The summed E-state index contributed by atoms with van der Waals surface area (Å²) in [5.74, 6) is -0.130. The van der Waals surface area contributed by atoms with Crippen LogP contribution in [0, 0.1) is 0 Å². The van der Waals surface area contributed by atoms with Crippen molar-refractivity contribution in [2.45, 2.75) is 26.5 Å². The first-order valence-electron chi connectivity index (χ1n) is 7.34. The van der Waals surface area contributed by atoms with E-state index < -0.39 is 0 Å². The second kappa shape index (κ2) is 7.97. The van der Waals surface area contributed by atoms with E-state index in [1.54, 1.807) is 24.3 Å². The summed E-state index contributed by atoms with van der Waals surface area (Å²) in [6, 6.07) is 15.0. The van der Waals surface area contributed by atoms with Gasteiger partial charge in [0.1, 0.15) is 0 Å². The van der Waals surface area contributed by atoms with Gasteiger partial charge in [-0.05, 0) is 43.2 Å². The maximum atomic E-state index is 12.0. The van der Waals surface area contributed by atoms with Gasteiger partial charge in [0.25, 0.3) is 5.91 Å². The van der Waals surface area contributed by atoms with Gasteiger partial charge in [0.2, 0.25) is 0 Å². The summed E-state index contributed by atoms with van der Waals surface area (Å²) in [6.45, 7) is 5.18. The van der Waals surface area contributed by atoms with Gasteiger partial charge in [0, 0.05) is 23.7 Å². The van der Waals surface area contributed by atoms with E-state index in [1.165, 1.54) is 0 Å². The number of carbonyl (C=O) groups excluding carboxylic acids is 1. The summed E-state index contributed by atoms with van der Waals surface area (Å²) in [7, 11) is 0. The minimum atomic E-state index is -0.130. The molecule has 116 valence electrons. The molecule has 0 saturated heterocycles. The zero-order chi connectivity index (χ0) is 15.9. The van der Waals surface area contributed by atoms with Crippen molar-refractivity contribution in [1.82, 2.24) is 5.32 Å². The second-order valence-electron chi connectivity index (χ2n) is 5.03. The maximum Gasteiger partial charge on any atom is 0.251 e. The highest BCUT2D eigenvalue weighted by atomic mass is 35.5. The first kappa shape index (κ1) is 16.5. The van der Waals surface area contributed by atoms with Crippen LogP contribution in [0.15, 0.2) is 48.5 Å². The fourth-order valence-corrected chi connectivity index (χ4v) is 2.36. The molecule has 3 nitrogen and oxygen atoms in total. The van der Waals surface area contributed by atoms with Crippen molar-refractivity contribution in [3.8, 4) is 0 Å². The molecule has 0 bridgehead atoms. The van der Waals surface area contributed by atoms with Gasteiger partial charge >= 0.3 is 0 Å². The van der Waals surface area contributed by atoms with Gasteiger partial charge in [0.05, 0.1) is 6.10 Å². The Labute approximate surface area is 136 Å². The number of halogens is 1. The normalized spacial score (nSPS) is 12.0. The van der Waals surface area contributed by atoms with Gasteiger partial charge in [-0.15, -0.1) is 0 Å². The molecule has 1 N–H and O–H groups in total. The number of rotatable bonds is 6. The van der Waals surface area contributed by atoms with E-state index >= 15 is 0 Å². The molecular formula is C18H20ClNO2. The molecule has 0 radical (unpaired) electrons. The van der Waals surface area contributed by atoms with Crippen molar-refractivity contribution in [3.63, 3.8) is 0 Å². The molecule has 22 heavy (non-hydrogen) atoms. The lowest BCUT2D eigenvalue weighted by Crippen LogP contribution is -2.22. The van der Waals surface area contributed by atoms with Gasteiger partial charge in [-0.3, -0.25) is 4.79 Å². The summed E-state index contributed by atoms with van der Waals surface area (Å²) in [4.78, 5) is 12.0. The number of amides is 1. The largest absolute Gasteiger partial charge is 0.374 e. The van der Waals surface area contributed by atoms with Crippen LogP contribution in [0.1, 0.15) is 41.4 Å². The molecule has 0 aliphatic rings. The Morgan fingerprint density at radius 3 is 2.59 bits per heavy atom. The fourth-order valence-electron chi connectivity index (χ4n) is 2.17. The highest BCUT2D eigenvalue weighted by Gasteiger charge is 2.07. The molecule has 4 heteroatoms. The molecule has 1 atom stereocenters. The monoisotopic (exact) mass is 317 g/mol. The summed E-state index contributed by atoms with van der Waals surface area (Å²) in [6.07, 6.45) is 0.0834. The maximum absolute atomic E-state index is 12.0.